The molecule has 0 aliphatic carbocycles. The summed E-state index contributed by atoms with van der Waals surface area (Å²) in [7, 11) is 4.79. The summed E-state index contributed by atoms with van der Waals surface area (Å²) in [5.41, 5.74) is 1.90. The lowest BCUT2D eigenvalue weighted by atomic mass is 10.1. The highest BCUT2D eigenvalue weighted by atomic mass is 32.1. The maximum atomic E-state index is 12.8. The van der Waals surface area contributed by atoms with Crippen molar-refractivity contribution in [3.05, 3.63) is 48.0 Å². The summed E-state index contributed by atoms with van der Waals surface area (Å²) in [5, 5.41) is 12.1. The predicted molar refractivity (Wildman–Crippen MR) is 140 cm³/mol. The van der Waals surface area contributed by atoms with Gasteiger partial charge < -0.3 is 24.4 Å². The van der Waals surface area contributed by atoms with Gasteiger partial charge in [-0.1, -0.05) is 31.3 Å². The van der Waals surface area contributed by atoms with Gasteiger partial charge in [0.1, 0.15) is 10.8 Å². The second-order valence-corrected chi connectivity index (χ2v) is 9.34. The molecule has 1 aromatic heterocycles. The van der Waals surface area contributed by atoms with Crippen molar-refractivity contribution >= 4 is 28.3 Å². The van der Waals surface area contributed by atoms with E-state index in [9.17, 15) is 9.59 Å². The fraction of sp³-hybridized carbons (Fsp3) is 0.385. The fourth-order valence-electron chi connectivity index (χ4n) is 3.54. The molecule has 36 heavy (non-hydrogen) atoms. The number of benzene rings is 2. The van der Waals surface area contributed by atoms with Crippen LogP contribution in [0.4, 0.5) is 5.13 Å². The van der Waals surface area contributed by atoms with Crippen molar-refractivity contribution in [1.82, 2.24) is 15.1 Å². The number of aromatic nitrogens is 2. The third-order valence-electron chi connectivity index (χ3n) is 5.54. The van der Waals surface area contributed by atoms with Crippen LogP contribution in [0, 0.1) is 5.92 Å². The Labute approximate surface area is 215 Å². The number of anilines is 1. The first-order valence-electron chi connectivity index (χ1n) is 11.6. The van der Waals surface area contributed by atoms with Crippen molar-refractivity contribution < 1.29 is 23.8 Å². The third kappa shape index (κ3) is 7.17. The van der Waals surface area contributed by atoms with Crippen LogP contribution in [0.25, 0.3) is 10.6 Å². The highest BCUT2D eigenvalue weighted by Gasteiger charge is 2.19. The molecule has 3 rings (SSSR count). The number of hydrogen-bond acceptors (Lipinski definition) is 8. The van der Waals surface area contributed by atoms with Crippen molar-refractivity contribution in [3.8, 4) is 27.8 Å². The molecule has 192 valence electrons. The maximum absolute atomic E-state index is 12.8. The molecule has 0 saturated heterocycles. The van der Waals surface area contributed by atoms with Crippen LogP contribution in [-0.4, -0.2) is 61.3 Å². The minimum Gasteiger partial charge on any atom is -0.497 e. The Morgan fingerprint density at radius 2 is 1.67 bits per heavy atom. The van der Waals surface area contributed by atoms with Crippen LogP contribution in [0.5, 0.6) is 17.2 Å². The molecule has 0 bridgehead atoms. The molecular weight excluding hydrogens is 480 g/mol. The lowest BCUT2D eigenvalue weighted by Gasteiger charge is -2.24. The van der Waals surface area contributed by atoms with Crippen LogP contribution >= 0.6 is 11.3 Å². The molecule has 9 nitrogen and oxygen atoms in total. The Balaban J connectivity index is 1.58. The van der Waals surface area contributed by atoms with Crippen molar-refractivity contribution in [1.29, 1.82) is 0 Å². The summed E-state index contributed by atoms with van der Waals surface area (Å²) in [4.78, 5) is 27.1. The maximum Gasteiger partial charge on any atom is 0.227 e. The molecule has 0 aliphatic rings. The van der Waals surface area contributed by atoms with Crippen LogP contribution in [0.3, 0.4) is 0 Å². The number of methoxy groups -OCH3 is 3. The molecule has 1 N–H and O–H groups in total. The Hall–Kier alpha value is -3.66. The van der Waals surface area contributed by atoms with Crippen molar-refractivity contribution in [2.24, 2.45) is 5.92 Å². The molecule has 0 atom stereocenters. The number of nitrogens with zero attached hydrogens (tertiary/aromatic N) is 3. The van der Waals surface area contributed by atoms with Gasteiger partial charge in [-0.3, -0.25) is 9.59 Å². The number of hydrogen-bond donors (Lipinski definition) is 1. The van der Waals surface area contributed by atoms with E-state index in [1.54, 1.807) is 26.2 Å². The zero-order chi connectivity index (χ0) is 26.1. The quantitative estimate of drug-likeness (QED) is 0.386. The minimum absolute atomic E-state index is 0.000911. The van der Waals surface area contributed by atoms with Crippen molar-refractivity contribution in [3.63, 3.8) is 0 Å². The SMILES string of the molecule is COc1ccc(-c2nnc(NC(=O)CCN(CCc3ccc(OC)c(OC)c3)C(=O)C(C)C)s2)cc1. The van der Waals surface area contributed by atoms with E-state index in [1.807, 2.05) is 56.3 Å². The number of ether oxygens (including phenoxy) is 3. The van der Waals surface area contributed by atoms with E-state index in [0.29, 0.717) is 41.1 Å². The topological polar surface area (TPSA) is 103 Å². The minimum atomic E-state index is -0.222. The number of amides is 2. The smallest absolute Gasteiger partial charge is 0.227 e. The highest BCUT2D eigenvalue weighted by molar-refractivity contribution is 7.18. The molecule has 3 aromatic rings. The Morgan fingerprint density at radius 1 is 0.944 bits per heavy atom. The zero-order valence-electron chi connectivity index (χ0n) is 21.2. The number of carbonyl (C=O) groups is 2. The van der Waals surface area contributed by atoms with E-state index in [1.165, 1.54) is 11.3 Å². The molecule has 0 unspecified atom stereocenters. The van der Waals surface area contributed by atoms with Crippen LogP contribution in [-0.2, 0) is 16.0 Å². The molecule has 0 spiro atoms. The molecule has 2 amide bonds. The highest BCUT2D eigenvalue weighted by Crippen LogP contribution is 2.29. The van der Waals surface area contributed by atoms with Gasteiger partial charge in [-0.15, -0.1) is 10.2 Å². The first kappa shape index (κ1) is 26.9. The monoisotopic (exact) mass is 512 g/mol. The number of nitrogens with one attached hydrogen (secondary N) is 1. The zero-order valence-corrected chi connectivity index (χ0v) is 22.1. The molecule has 2 aromatic carbocycles. The fourth-order valence-corrected chi connectivity index (χ4v) is 4.31. The van der Waals surface area contributed by atoms with Gasteiger partial charge in [-0.2, -0.15) is 0 Å². The average molecular weight is 513 g/mol. The van der Waals surface area contributed by atoms with Gasteiger partial charge in [-0.25, -0.2) is 0 Å². The van der Waals surface area contributed by atoms with E-state index in [0.717, 1.165) is 16.9 Å². The summed E-state index contributed by atoms with van der Waals surface area (Å²) >= 11 is 1.29. The second kappa shape index (κ2) is 12.9. The van der Waals surface area contributed by atoms with Gasteiger partial charge >= 0.3 is 0 Å². The molecule has 0 radical (unpaired) electrons. The predicted octanol–water partition coefficient (Wildman–Crippen LogP) is 4.29. The first-order chi connectivity index (χ1) is 17.3. The summed E-state index contributed by atoms with van der Waals surface area (Å²) < 4.78 is 15.8. The van der Waals surface area contributed by atoms with Crippen molar-refractivity contribution in [2.75, 3.05) is 39.7 Å². The Kier molecular flexibility index (Phi) is 9.63. The van der Waals surface area contributed by atoms with E-state index in [-0.39, 0.29) is 24.2 Å². The lowest BCUT2D eigenvalue weighted by molar-refractivity contribution is -0.134. The Bertz CT molecular complexity index is 1160. The van der Waals surface area contributed by atoms with E-state index in [2.05, 4.69) is 15.5 Å². The number of carbonyl (C=O) groups excluding carboxylic acids is 2. The van der Waals surface area contributed by atoms with Gasteiger partial charge in [0, 0.05) is 31.0 Å². The van der Waals surface area contributed by atoms with Crippen LogP contribution in [0.2, 0.25) is 0 Å². The summed E-state index contributed by atoms with van der Waals surface area (Å²) in [6.07, 6.45) is 0.782. The van der Waals surface area contributed by atoms with E-state index in [4.69, 9.17) is 14.2 Å². The van der Waals surface area contributed by atoms with E-state index < -0.39 is 0 Å². The first-order valence-corrected chi connectivity index (χ1v) is 12.4. The molecule has 0 saturated carbocycles. The average Bonchev–Trinajstić information content (AvgIpc) is 3.36. The molecular formula is C26H32N4O5S. The van der Waals surface area contributed by atoms with Crippen molar-refractivity contribution in [2.45, 2.75) is 26.7 Å². The molecule has 0 aliphatic heterocycles. The molecule has 1 heterocycles. The van der Waals surface area contributed by atoms with Gasteiger partial charge in [-0.05, 0) is 48.4 Å². The van der Waals surface area contributed by atoms with Gasteiger partial charge in [0.25, 0.3) is 0 Å². The van der Waals surface area contributed by atoms with E-state index >= 15 is 0 Å². The normalized spacial score (nSPS) is 10.7. The Morgan fingerprint density at radius 3 is 2.31 bits per heavy atom. The second-order valence-electron chi connectivity index (χ2n) is 8.36. The largest absolute Gasteiger partial charge is 0.497 e. The summed E-state index contributed by atoms with van der Waals surface area (Å²) in [6.45, 7) is 4.50. The van der Waals surface area contributed by atoms with Crippen LogP contribution in [0.15, 0.2) is 42.5 Å². The number of rotatable bonds is 12. The standard InChI is InChI=1S/C26H32N4O5S/c1-17(2)25(32)30(14-12-18-6-11-21(34-4)22(16-18)35-5)15-13-23(31)27-26-29-28-24(36-26)19-7-9-20(33-3)10-8-19/h6-11,16-17H,12-15H2,1-5H3,(H,27,29,31). The van der Waals surface area contributed by atoms with Crippen LogP contribution in [0.1, 0.15) is 25.8 Å². The van der Waals surface area contributed by atoms with Gasteiger partial charge in [0.2, 0.25) is 16.9 Å². The summed E-state index contributed by atoms with van der Waals surface area (Å²) in [5.74, 6) is 1.65. The third-order valence-corrected chi connectivity index (χ3v) is 6.43. The summed E-state index contributed by atoms with van der Waals surface area (Å²) in [6, 6.07) is 13.2. The van der Waals surface area contributed by atoms with Gasteiger partial charge in [0.05, 0.1) is 21.3 Å². The lowest BCUT2D eigenvalue weighted by Crippen LogP contribution is -2.38. The van der Waals surface area contributed by atoms with Gasteiger partial charge in [0.15, 0.2) is 11.5 Å². The molecule has 10 heteroatoms. The van der Waals surface area contributed by atoms with Crippen LogP contribution < -0.4 is 19.5 Å². The molecule has 0 fully saturated rings.